The summed E-state index contributed by atoms with van der Waals surface area (Å²) in [4.78, 5) is 19.4. The highest BCUT2D eigenvalue weighted by atomic mass is 32.2. The van der Waals surface area contributed by atoms with E-state index < -0.39 is 21.6 Å². The summed E-state index contributed by atoms with van der Waals surface area (Å²) in [5.74, 6) is -1.48. The molecular formula is C12H16N2O4S. The zero-order valence-corrected chi connectivity index (χ0v) is 11.8. The van der Waals surface area contributed by atoms with Crippen molar-refractivity contribution in [1.29, 1.82) is 0 Å². The van der Waals surface area contributed by atoms with Crippen LogP contribution in [-0.2, 0) is 32.2 Å². The van der Waals surface area contributed by atoms with Crippen LogP contribution in [-0.4, -0.2) is 36.7 Å². The van der Waals surface area contributed by atoms with Gasteiger partial charge >= 0.3 is 5.97 Å². The van der Waals surface area contributed by atoms with Crippen molar-refractivity contribution in [2.75, 3.05) is 12.4 Å². The molecule has 1 aromatic rings. The summed E-state index contributed by atoms with van der Waals surface area (Å²) in [7, 11) is -3.82. The molecule has 0 bridgehead atoms. The summed E-state index contributed by atoms with van der Waals surface area (Å²) >= 11 is 0. The standard InChI is InChI=1S/C12H16N2O4S/c1-3-18-11(15)7-19(16,17)12-13-8(2)9-5-4-6-10(9)14-12/h3-7H2,1-2H3. The maximum Gasteiger partial charge on any atom is 0.321 e. The number of ether oxygens (including phenoxy) is 1. The van der Waals surface area contributed by atoms with E-state index in [1.807, 2.05) is 0 Å². The van der Waals surface area contributed by atoms with Gasteiger partial charge < -0.3 is 4.74 Å². The number of carbonyl (C=O) groups is 1. The van der Waals surface area contributed by atoms with E-state index in [2.05, 4.69) is 14.7 Å². The Morgan fingerprint density at radius 1 is 1.32 bits per heavy atom. The average molecular weight is 284 g/mol. The molecule has 0 aromatic carbocycles. The van der Waals surface area contributed by atoms with Gasteiger partial charge in [-0.05, 0) is 38.7 Å². The number of aryl methyl sites for hydroxylation is 2. The van der Waals surface area contributed by atoms with E-state index in [0.29, 0.717) is 5.69 Å². The van der Waals surface area contributed by atoms with Crippen molar-refractivity contribution in [3.63, 3.8) is 0 Å². The minimum Gasteiger partial charge on any atom is -0.465 e. The molecule has 0 spiro atoms. The third kappa shape index (κ3) is 2.91. The molecule has 6 nitrogen and oxygen atoms in total. The van der Waals surface area contributed by atoms with E-state index in [1.165, 1.54) is 0 Å². The fourth-order valence-corrected chi connectivity index (χ4v) is 3.20. The van der Waals surface area contributed by atoms with Crippen molar-refractivity contribution >= 4 is 15.8 Å². The monoisotopic (exact) mass is 284 g/mol. The lowest BCUT2D eigenvalue weighted by molar-refractivity contribution is -0.139. The van der Waals surface area contributed by atoms with Gasteiger partial charge in [-0.1, -0.05) is 0 Å². The Hall–Kier alpha value is -1.50. The Bertz CT molecular complexity index is 610. The minimum atomic E-state index is -3.82. The van der Waals surface area contributed by atoms with Crippen LogP contribution in [0.3, 0.4) is 0 Å². The predicted molar refractivity (Wildman–Crippen MR) is 67.5 cm³/mol. The molecule has 0 N–H and O–H groups in total. The highest BCUT2D eigenvalue weighted by Crippen LogP contribution is 2.23. The molecule has 0 atom stereocenters. The first-order chi connectivity index (χ1) is 8.94. The fourth-order valence-electron chi connectivity index (χ4n) is 2.15. The highest BCUT2D eigenvalue weighted by Gasteiger charge is 2.26. The van der Waals surface area contributed by atoms with Gasteiger partial charge in [0.25, 0.3) is 0 Å². The van der Waals surface area contributed by atoms with Gasteiger partial charge in [-0.15, -0.1) is 0 Å². The van der Waals surface area contributed by atoms with Crippen molar-refractivity contribution in [3.05, 3.63) is 17.0 Å². The second-order valence-corrected chi connectivity index (χ2v) is 6.32. The van der Waals surface area contributed by atoms with Crippen molar-refractivity contribution in [2.45, 2.75) is 38.3 Å². The quantitative estimate of drug-likeness (QED) is 0.595. The van der Waals surface area contributed by atoms with Crippen LogP contribution in [0.25, 0.3) is 0 Å². The lowest BCUT2D eigenvalue weighted by atomic mass is 10.2. The SMILES string of the molecule is CCOC(=O)CS(=O)(=O)c1nc(C)c2c(n1)CCC2. The number of esters is 1. The van der Waals surface area contributed by atoms with Crippen LogP contribution < -0.4 is 0 Å². The first-order valence-electron chi connectivity index (χ1n) is 6.19. The summed E-state index contributed by atoms with van der Waals surface area (Å²) in [6.07, 6.45) is 2.62. The summed E-state index contributed by atoms with van der Waals surface area (Å²) < 4.78 is 28.7. The van der Waals surface area contributed by atoms with E-state index >= 15 is 0 Å². The molecule has 1 aliphatic rings. The molecule has 0 amide bonds. The lowest BCUT2D eigenvalue weighted by Gasteiger charge is -2.07. The molecule has 1 heterocycles. The number of aromatic nitrogens is 2. The highest BCUT2D eigenvalue weighted by molar-refractivity contribution is 7.91. The topological polar surface area (TPSA) is 86.2 Å². The largest absolute Gasteiger partial charge is 0.465 e. The molecule has 2 rings (SSSR count). The summed E-state index contributed by atoms with van der Waals surface area (Å²) in [6, 6.07) is 0. The Morgan fingerprint density at radius 2 is 2.05 bits per heavy atom. The van der Waals surface area contributed by atoms with E-state index in [-0.39, 0.29) is 11.8 Å². The second kappa shape index (κ2) is 5.24. The number of rotatable bonds is 4. The van der Waals surface area contributed by atoms with Crippen LogP contribution >= 0.6 is 0 Å². The van der Waals surface area contributed by atoms with E-state index in [9.17, 15) is 13.2 Å². The van der Waals surface area contributed by atoms with Crippen molar-refractivity contribution in [1.82, 2.24) is 9.97 Å². The summed E-state index contributed by atoms with van der Waals surface area (Å²) in [6.45, 7) is 3.55. The molecule has 0 aliphatic heterocycles. The second-order valence-electron chi connectivity index (χ2n) is 4.43. The maximum atomic E-state index is 12.0. The van der Waals surface area contributed by atoms with Gasteiger partial charge in [-0.3, -0.25) is 4.79 Å². The van der Waals surface area contributed by atoms with Crippen LogP contribution in [0.1, 0.15) is 30.3 Å². The van der Waals surface area contributed by atoms with Crippen LogP contribution in [0.15, 0.2) is 5.16 Å². The van der Waals surface area contributed by atoms with Crippen molar-refractivity contribution in [3.8, 4) is 0 Å². The van der Waals surface area contributed by atoms with E-state index in [4.69, 9.17) is 0 Å². The average Bonchev–Trinajstić information content (AvgIpc) is 2.77. The third-order valence-corrected chi connectivity index (χ3v) is 4.37. The molecule has 104 valence electrons. The zero-order chi connectivity index (χ0) is 14.0. The van der Waals surface area contributed by atoms with Gasteiger partial charge in [0.05, 0.1) is 6.61 Å². The molecule has 0 radical (unpaired) electrons. The molecule has 0 saturated carbocycles. The number of sulfone groups is 1. The third-order valence-electron chi connectivity index (χ3n) is 3.01. The zero-order valence-electron chi connectivity index (χ0n) is 11.0. The Kier molecular flexibility index (Phi) is 3.84. The minimum absolute atomic E-state index is 0.151. The molecular weight excluding hydrogens is 268 g/mol. The Labute approximate surface area is 112 Å². The molecule has 1 aromatic heterocycles. The number of hydrogen-bond donors (Lipinski definition) is 0. The maximum absolute atomic E-state index is 12.0. The molecule has 1 aliphatic carbocycles. The van der Waals surface area contributed by atoms with Gasteiger partial charge in [0.2, 0.25) is 15.0 Å². The number of hydrogen-bond acceptors (Lipinski definition) is 6. The van der Waals surface area contributed by atoms with Crippen LogP contribution in [0.4, 0.5) is 0 Å². The van der Waals surface area contributed by atoms with Crippen molar-refractivity contribution < 1.29 is 17.9 Å². The van der Waals surface area contributed by atoms with Gasteiger partial charge in [-0.25, -0.2) is 18.4 Å². The van der Waals surface area contributed by atoms with Gasteiger partial charge in [0.1, 0.15) is 0 Å². The van der Waals surface area contributed by atoms with Gasteiger partial charge in [-0.2, -0.15) is 0 Å². The van der Waals surface area contributed by atoms with E-state index in [0.717, 1.165) is 30.5 Å². The molecule has 0 unspecified atom stereocenters. The van der Waals surface area contributed by atoms with Gasteiger partial charge in [0.15, 0.2) is 5.75 Å². The number of carbonyl (C=O) groups excluding carboxylic acids is 1. The fraction of sp³-hybridized carbons (Fsp3) is 0.583. The first-order valence-corrected chi connectivity index (χ1v) is 7.84. The Morgan fingerprint density at radius 3 is 2.74 bits per heavy atom. The smallest absolute Gasteiger partial charge is 0.321 e. The van der Waals surface area contributed by atoms with E-state index in [1.54, 1.807) is 13.8 Å². The van der Waals surface area contributed by atoms with Crippen LogP contribution in [0, 0.1) is 6.92 Å². The normalized spacial score (nSPS) is 14.2. The molecule has 0 saturated heterocycles. The number of fused-ring (bicyclic) bond motifs is 1. The predicted octanol–water partition coefficient (Wildman–Crippen LogP) is 0.611. The molecule has 7 heteroatoms. The first kappa shape index (κ1) is 13.9. The summed E-state index contributed by atoms with van der Waals surface area (Å²) in [5.41, 5.74) is 2.51. The van der Waals surface area contributed by atoms with Crippen LogP contribution in [0.5, 0.6) is 0 Å². The molecule has 19 heavy (non-hydrogen) atoms. The summed E-state index contributed by atoms with van der Waals surface area (Å²) in [5, 5.41) is -0.265. The lowest BCUT2D eigenvalue weighted by Crippen LogP contribution is -2.21. The van der Waals surface area contributed by atoms with Crippen molar-refractivity contribution in [2.24, 2.45) is 0 Å². The Balaban J connectivity index is 2.31. The van der Waals surface area contributed by atoms with Crippen LogP contribution in [0.2, 0.25) is 0 Å². The number of nitrogens with zero attached hydrogens (tertiary/aromatic N) is 2. The molecule has 0 fully saturated rings. The van der Waals surface area contributed by atoms with Gasteiger partial charge in [0, 0.05) is 11.4 Å².